The van der Waals surface area contributed by atoms with Crippen molar-refractivity contribution in [3.05, 3.63) is 53.8 Å². The normalized spacial score (nSPS) is 10.5. The Morgan fingerprint density at radius 2 is 1.69 bits per heavy atom. The molecule has 0 aromatic heterocycles. The maximum Gasteiger partial charge on any atom is 0.251 e. The van der Waals surface area contributed by atoms with E-state index in [1.165, 1.54) is 19.2 Å². The van der Waals surface area contributed by atoms with Crippen molar-refractivity contribution < 1.29 is 13.9 Å². The predicted octanol–water partition coefficient (Wildman–Crippen LogP) is 3.71. The highest BCUT2D eigenvalue weighted by Gasteiger charge is 2.08. The highest BCUT2D eigenvalue weighted by molar-refractivity contribution is 7.80. The molecule has 0 aliphatic rings. The molecule has 2 aromatic rings. The number of hydrogen-bond donors (Lipinski definition) is 3. The van der Waals surface area contributed by atoms with Crippen LogP contribution in [-0.4, -0.2) is 49.2 Å². The molecule has 6 nitrogen and oxygen atoms in total. The topological polar surface area (TPSA) is 65.6 Å². The molecule has 2 aromatic carbocycles. The Bertz CT molecular complexity index is 826. The first kappa shape index (κ1) is 22.6. The molecule has 156 valence electrons. The average Bonchev–Trinajstić information content (AvgIpc) is 2.71. The van der Waals surface area contributed by atoms with Crippen LogP contribution in [0.1, 0.15) is 24.2 Å². The second-order valence-corrected chi connectivity index (χ2v) is 6.70. The fraction of sp³-hybridized carbons (Fsp3) is 0.333. The van der Waals surface area contributed by atoms with Crippen molar-refractivity contribution in [2.24, 2.45) is 0 Å². The Balaban J connectivity index is 1.85. The number of amides is 1. The number of carbonyl (C=O) groups is 1. The van der Waals surface area contributed by atoms with Gasteiger partial charge in [0.05, 0.1) is 7.11 Å². The van der Waals surface area contributed by atoms with E-state index in [0.29, 0.717) is 22.9 Å². The molecule has 0 saturated heterocycles. The maximum absolute atomic E-state index is 13.8. The van der Waals surface area contributed by atoms with Crippen LogP contribution in [0.25, 0.3) is 0 Å². The number of halogens is 1. The van der Waals surface area contributed by atoms with E-state index in [4.69, 9.17) is 17.0 Å². The van der Waals surface area contributed by atoms with Gasteiger partial charge in [0.15, 0.2) is 16.7 Å². The molecular weight excluding hydrogens is 391 g/mol. The second-order valence-electron chi connectivity index (χ2n) is 6.29. The monoisotopic (exact) mass is 418 g/mol. The number of benzene rings is 2. The van der Waals surface area contributed by atoms with Gasteiger partial charge in [-0.15, -0.1) is 0 Å². The summed E-state index contributed by atoms with van der Waals surface area (Å²) >= 11 is 5.25. The summed E-state index contributed by atoms with van der Waals surface area (Å²) in [6.45, 7) is 7.55. The first-order chi connectivity index (χ1) is 14.0. The van der Waals surface area contributed by atoms with E-state index in [1.54, 1.807) is 30.3 Å². The lowest BCUT2D eigenvalue weighted by molar-refractivity contribution is 0.0949. The number of nitrogens with one attached hydrogen (secondary N) is 3. The van der Waals surface area contributed by atoms with Crippen molar-refractivity contribution in [1.82, 2.24) is 10.2 Å². The predicted molar refractivity (Wildman–Crippen MR) is 119 cm³/mol. The van der Waals surface area contributed by atoms with E-state index in [1.807, 2.05) is 0 Å². The summed E-state index contributed by atoms with van der Waals surface area (Å²) in [5, 5.41) is 9.15. The zero-order valence-corrected chi connectivity index (χ0v) is 17.7. The Morgan fingerprint density at radius 1 is 1.07 bits per heavy atom. The van der Waals surface area contributed by atoms with E-state index in [2.05, 4.69) is 34.7 Å². The Hall–Kier alpha value is -2.71. The van der Waals surface area contributed by atoms with Gasteiger partial charge in [-0.3, -0.25) is 4.79 Å². The minimum Gasteiger partial charge on any atom is -0.494 e. The van der Waals surface area contributed by atoms with Crippen LogP contribution in [0.4, 0.5) is 15.8 Å². The van der Waals surface area contributed by atoms with E-state index in [0.717, 1.165) is 25.3 Å². The zero-order valence-electron chi connectivity index (χ0n) is 16.9. The second kappa shape index (κ2) is 11.3. The number of anilines is 2. The molecule has 0 atom stereocenters. The molecule has 0 saturated carbocycles. The maximum atomic E-state index is 13.8. The molecule has 0 unspecified atom stereocenters. The summed E-state index contributed by atoms with van der Waals surface area (Å²) in [6, 6.07) is 11.5. The molecule has 0 aliphatic carbocycles. The molecule has 2 rings (SSSR count). The number of thiocarbonyl (C=S) groups is 1. The van der Waals surface area contributed by atoms with Gasteiger partial charge in [0.25, 0.3) is 5.91 Å². The number of carbonyl (C=O) groups excluding carboxylic acids is 1. The van der Waals surface area contributed by atoms with Crippen LogP contribution in [0.5, 0.6) is 5.75 Å². The van der Waals surface area contributed by atoms with Crippen molar-refractivity contribution in [3.63, 3.8) is 0 Å². The lowest BCUT2D eigenvalue weighted by atomic mass is 10.2. The molecule has 29 heavy (non-hydrogen) atoms. The number of methoxy groups -OCH3 is 1. The number of nitrogens with zero attached hydrogens (tertiary/aromatic N) is 1. The summed E-state index contributed by atoms with van der Waals surface area (Å²) in [4.78, 5) is 14.5. The Morgan fingerprint density at radius 3 is 2.28 bits per heavy atom. The molecule has 8 heteroatoms. The van der Waals surface area contributed by atoms with Crippen LogP contribution >= 0.6 is 12.2 Å². The van der Waals surface area contributed by atoms with E-state index in [-0.39, 0.29) is 11.7 Å². The summed E-state index contributed by atoms with van der Waals surface area (Å²) in [5.74, 6) is -0.421. The van der Waals surface area contributed by atoms with Crippen LogP contribution in [0.3, 0.4) is 0 Å². The van der Waals surface area contributed by atoms with Crippen LogP contribution in [0.15, 0.2) is 42.5 Å². The van der Waals surface area contributed by atoms with Crippen LogP contribution in [-0.2, 0) is 0 Å². The largest absolute Gasteiger partial charge is 0.494 e. The van der Waals surface area contributed by atoms with Gasteiger partial charge in [0.2, 0.25) is 0 Å². The highest BCUT2D eigenvalue weighted by atomic mass is 32.1. The van der Waals surface area contributed by atoms with Crippen molar-refractivity contribution >= 4 is 34.6 Å². The van der Waals surface area contributed by atoms with Gasteiger partial charge >= 0.3 is 0 Å². The fourth-order valence-electron chi connectivity index (χ4n) is 2.71. The van der Waals surface area contributed by atoms with Gasteiger partial charge in [-0.2, -0.15) is 0 Å². The fourth-order valence-corrected chi connectivity index (χ4v) is 2.95. The lowest BCUT2D eigenvalue weighted by Gasteiger charge is -2.18. The first-order valence-corrected chi connectivity index (χ1v) is 9.89. The van der Waals surface area contributed by atoms with Crippen molar-refractivity contribution in [2.45, 2.75) is 13.8 Å². The molecule has 0 bridgehead atoms. The van der Waals surface area contributed by atoms with Crippen LogP contribution in [0, 0.1) is 5.82 Å². The molecular formula is C21H27FN4O2S. The average molecular weight is 419 g/mol. The first-order valence-electron chi connectivity index (χ1n) is 9.49. The quantitative estimate of drug-likeness (QED) is 0.540. The van der Waals surface area contributed by atoms with E-state index in [9.17, 15) is 9.18 Å². The van der Waals surface area contributed by atoms with Gasteiger partial charge in [-0.05, 0) is 61.7 Å². The van der Waals surface area contributed by atoms with Crippen LogP contribution in [0.2, 0.25) is 0 Å². The third kappa shape index (κ3) is 6.99. The SMILES string of the molecule is CCN(CC)CCNC(=O)c1ccc(NC(=S)Nc2ccc(OC)c(F)c2)cc1. The van der Waals surface area contributed by atoms with Crippen molar-refractivity contribution in [2.75, 3.05) is 43.9 Å². The van der Waals surface area contributed by atoms with Crippen LogP contribution < -0.4 is 20.7 Å². The summed E-state index contributed by atoms with van der Waals surface area (Å²) in [5.41, 5.74) is 1.80. The summed E-state index contributed by atoms with van der Waals surface area (Å²) in [7, 11) is 1.41. The zero-order chi connectivity index (χ0) is 21.2. The lowest BCUT2D eigenvalue weighted by Crippen LogP contribution is -2.34. The van der Waals surface area contributed by atoms with Gasteiger partial charge in [-0.1, -0.05) is 13.8 Å². The molecule has 0 radical (unpaired) electrons. The molecule has 0 heterocycles. The molecule has 0 fully saturated rings. The van der Waals surface area contributed by atoms with Gasteiger partial charge in [-0.25, -0.2) is 4.39 Å². The summed E-state index contributed by atoms with van der Waals surface area (Å²) in [6.07, 6.45) is 0. The van der Waals surface area contributed by atoms with E-state index >= 15 is 0 Å². The molecule has 1 amide bonds. The summed E-state index contributed by atoms with van der Waals surface area (Å²) < 4.78 is 18.6. The number of ether oxygens (including phenoxy) is 1. The molecule has 3 N–H and O–H groups in total. The van der Waals surface area contributed by atoms with Gasteiger partial charge < -0.3 is 25.6 Å². The number of likely N-dealkylation sites (N-methyl/N-ethyl adjacent to an activating group) is 1. The van der Waals surface area contributed by atoms with Gasteiger partial charge in [0, 0.05) is 36.1 Å². The highest BCUT2D eigenvalue weighted by Crippen LogP contribution is 2.21. The minimum atomic E-state index is -0.475. The standard InChI is InChI=1S/C21H27FN4O2S/c1-4-26(5-2)13-12-23-20(27)15-6-8-16(9-7-15)24-21(29)25-17-10-11-19(28-3)18(22)14-17/h6-11,14H,4-5,12-13H2,1-3H3,(H,23,27)(H2,24,25,29). The third-order valence-corrected chi connectivity index (χ3v) is 4.63. The molecule has 0 aliphatic heterocycles. The third-order valence-electron chi connectivity index (χ3n) is 4.42. The smallest absolute Gasteiger partial charge is 0.251 e. The number of hydrogen-bond acceptors (Lipinski definition) is 4. The van der Waals surface area contributed by atoms with E-state index < -0.39 is 5.82 Å². The minimum absolute atomic E-state index is 0.113. The Labute approximate surface area is 176 Å². The molecule has 0 spiro atoms. The van der Waals surface area contributed by atoms with Gasteiger partial charge in [0.1, 0.15) is 0 Å². The number of rotatable bonds is 9. The van der Waals surface area contributed by atoms with Crippen molar-refractivity contribution in [1.29, 1.82) is 0 Å². The Kier molecular flexibility index (Phi) is 8.82. The van der Waals surface area contributed by atoms with Crippen molar-refractivity contribution in [3.8, 4) is 5.75 Å².